The van der Waals surface area contributed by atoms with Gasteiger partial charge in [0.1, 0.15) is 10.6 Å². The van der Waals surface area contributed by atoms with Crippen LogP contribution in [0.3, 0.4) is 0 Å². The predicted octanol–water partition coefficient (Wildman–Crippen LogP) is 2.72. The van der Waals surface area contributed by atoms with Crippen molar-refractivity contribution in [1.82, 2.24) is 9.97 Å². The lowest BCUT2D eigenvalue weighted by Gasteiger charge is -2.16. The van der Waals surface area contributed by atoms with Crippen molar-refractivity contribution in [3.05, 3.63) is 10.9 Å². The van der Waals surface area contributed by atoms with E-state index >= 15 is 0 Å². The van der Waals surface area contributed by atoms with E-state index in [0.29, 0.717) is 12.5 Å². The molecule has 2 aromatic rings. The number of aliphatic hydroxyl groups is 1. The minimum Gasteiger partial charge on any atom is -0.391 e. The molecule has 0 aromatic carbocycles. The Morgan fingerprint density at radius 1 is 1.35 bits per heavy atom. The largest absolute Gasteiger partial charge is 0.391 e. The zero-order valence-electron chi connectivity index (χ0n) is 12.4. The Kier molecular flexibility index (Phi) is 4.77. The number of aliphatic hydroxyl groups excluding tert-OH is 1. The molecule has 3 N–H and O–H groups in total. The number of nitrogens with zero attached hydrogens (tertiary/aromatic N) is 2. The molecule has 6 heteroatoms. The molecular weight excluding hydrogens is 272 g/mol. The molecule has 2 aromatic heterocycles. The Bertz CT molecular complexity index is 582. The summed E-state index contributed by atoms with van der Waals surface area (Å²) in [5, 5.41) is 17.2. The van der Waals surface area contributed by atoms with Gasteiger partial charge in [0.25, 0.3) is 0 Å². The normalized spacial score (nSPS) is 12.9. The molecule has 2 heterocycles. The van der Waals surface area contributed by atoms with Crippen molar-refractivity contribution < 1.29 is 5.11 Å². The van der Waals surface area contributed by atoms with Crippen molar-refractivity contribution in [2.45, 2.75) is 33.3 Å². The molecule has 2 rings (SSSR count). The number of anilines is 2. The number of aryl methyl sites for hydroxylation is 1. The molecule has 0 saturated carbocycles. The molecule has 5 nitrogen and oxygen atoms in total. The first-order chi connectivity index (χ1) is 9.55. The molecule has 0 amide bonds. The van der Waals surface area contributed by atoms with Crippen molar-refractivity contribution in [2.75, 3.05) is 24.2 Å². The average molecular weight is 294 g/mol. The summed E-state index contributed by atoms with van der Waals surface area (Å²) in [5.74, 6) is 1.61. The smallest absolute Gasteiger partial charge is 0.225 e. The Hall–Kier alpha value is -1.40. The molecule has 0 bridgehead atoms. The first-order valence-electron chi connectivity index (χ1n) is 6.95. The summed E-state index contributed by atoms with van der Waals surface area (Å²) in [6.07, 6.45) is 0.603. The van der Waals surface area contributed by atoms with Crippen LogP contribution in [0.5, 0.6) is 0 Å². The maximum absolute atomic E-state index is 9.92. The van der Waals surface area contributed by atoms with E-state index in [4.69, 9.17) is 0 Å². The van der Waals surface area contributed by atoms with Crippen LogP contribution < -0.4 is 10.6 Å². The summed E-state index contributed by atoms with van der Waals surface area (Å²) in [6, 6.07) is 2.13. The number of hydrogen-bond acceptors (Lipinski definition) is 6. The molecular formula is C14H22N4OS. The second-order valence-electron chi connectivity index (χ2n) is 5.12. The second-order valence-corrected chi connectivity index (χ2v) is 6.24. The van der Waals surface area contributed by atoms with Crippen molar-refractivity contribution >= 4 is 33.3 Å². The third kappa shape index (κ3) is 3.19. The van der Waals surface area contributed by atoms with E-state index in [1.165, 1.54) is 4.88 Å². The molecule has 0 aliphatic rings. The highest BCUT2D eigenvalue weighted by Crippen LogP contribution is 2.30. The van der Waals surface area contributed by atoms with Gasteiger partial charge in [-0.3, -0.25) is 0 Å². The van der Waals surface area contributed by atoms with E-state index < -0.39 is 0 Å². The summed E-state index contributed by atoms with van der Waals surface area (Å²) in [6.45, 7) is 6.62. The van der Waals surface area contributed by atoms with Gasteiger partial charge < -0.3 is 15.7 Å². The third-order valence-electron chi connectivity index (χ3n) is 3.26. The topological polar surface area (TPSA) is 70.1 Å². The van der Waals surface area contributed by atoms with Crippen LogP contribution >= 0.6 is 11.3 Å². The molecule has 20 heavy (non-hydrogen) atoms. The first-order valence-corrected chi connectivity index (χ1v) is 7.77. The summed E-state index contributed by atoms with van der Waals surface area (Å²) in [5.41, 5.74) is 0. The van der Waals surface area contributed by atoms with Gasteiger partial charge in [-0.2, -0.15) is 4.98 Å². The second kappa shape index (κ2) is 6.37. The van der Waals surface area contributed by atoms with Crippen LogP contribution in [0, 0.1) is 5.92 Å². The molecule has 0 spiro atoms. The number of fused-ring (bicyclic) bond motifs is 1. The molecule has 0 radical (unpaired) electrons. The molecule has 0 fully saturated rings. The highest BCUT2D eigenvalue weighted by molar-refractivity contribution is 7.18. The van der Waals surface area contributed by atoms with Crippen LogP contribution in [-0.2, 0) is 6.42 Å². The van der Waals surface area contributed by atoms with Crippen molar-refractivity contribution in [3.8, 4) is 0 Å². The maximum Gasteiger partial charge on any atom is 0.225 e. The average Bonchev–Trinajstić information content (AvgIpc) is 2.86. The van der Waals surface area contributed by atoms with Crippen LogP contribution in [0.25, 0.3) is 10.2 Å². The standard InChI is InChI=1S/C14H22N4OS/c1-5-9-6-10-12(16-7-11(19)8(2)3)17-14(15-4)18-13(10)20-9/h6,8,11,19H,5,7H2,1-4H3,(H2,15,16,17,18). The van der Waals surface area contributed by atoms with Gasteiger partial charge in [-0.05, 0) is 18.4 Å². The van der Waals surface area contributed by atoms with Crippen LogP contribution in [-0.4, -0.2) is 34.8 Å². The Morgan fingerprint density at radius 2 is 2.10 bits per heavy atom. The van der Waals surface area contributed by atoms with Crippen LogP contribution in [0.4, 0.5) is 11.8 Å². The summed E-state index contributed by atoms with van der Waals surface area (Å²) in [7, 11) is 1.81. The van der Waals surface area contributed by atoms with Crippen molar-refractivity contribution in [2.24, 2.45) is 5.92 Å². The molecule has 0 saturated heterocycles. The monoisotopic (exact) mass is 294 g/mol. The van der Waals surface area contributed by atoms with E-state index in [2.05, 4.69) is 33.6 Å². The minimum absolute atomic E-state index is 0.220. The SMILES string of the molecule is CCc1cc2c(NCC(O)C(C)C)nc(NC)nc2s1. The number of rotatable bonds is 6. The van der Waals surface area contributed by atoms with E-state index in [-0.39, 0.29) is 12.0 Å². The number of nitrogens with one attached hydrogen (secondary N) is 2. The van der Waals surface area contributed by atoms with E-state index in [1.54, 1.807) is 11.3 Å². The fourth-order valence-corrected chi connectivity index (χ4v) is 2.80. The van der Waals surface area contributed by atoms with Gasteiger partial charge in [0, 0.05) is 18.5 Å². The van der Waals surface area contributed by atoms with Gasteiger partial charge >= 0.3 is 0 Å². The maximum atomic E-state index is 9.92. The molecule has 1 atom stereocenters. The summed E-state index contributed by atoms with van der Waals surface area (Å²) in [4.78, 5) is 11.2. The Labute approximate surface area is 123 Å². The lowest BCUT2D eigenvalue weighted by molar-refractivity contribution is 0.138. The zero-order valence-corrected chi connectivity index (χ0v) is 13.2. The van der Waals surface area contributed by atoms with Gasteiger partial charge in [0.2, 0.25) is 5.95 Å². The van der Waals surface area contributed by atoms with E-state index in [1.807, 2.05) is 20.9 Å². The molecule has 0 aliphatic carbocycles. The van der Waals surface area contributed by atoms with Crippen LogP contribution in [0.2, 0.25) is 0 Å². The fraction of sp³-hybridized carbons (Fsp3) is 0.571. The Balaban J connectivity index is 2.32. The lowest BCUT2D eigenvalue weighted by Crippen LogP contribution is -2.25. The first kappa shape index (κ1) is 15.0. The van der Waals surface area contributed by atoms with E-state index in [0.717, 1.165) is 22.5 Å². The van der Waals surface area contributed by atoms with Gasteiger partial charge in [-0.25, -0.2) is 4.98 Å². The molecule has 0 aliphatic heterocycles. The summed E-state index contributed by atoms with van der Waals surface area (Å²) >= 11 is 1.69. The van der Waals surface area contributed by atoms with Crippen LogP contribution in [0.1, 0.15) is 25.6 Å². The van der Waals surface area contributed by atoms with Crippen molar-refractivity contribution in [3.63, 3.8) is 0 Å². The van der Waals surface area contributed by atoms with E-state index in [9.17, 15) is 5.11 Å². The zero-order chi connectivity index (χ0) is 14.7. The quantitative estimate of drug-likeness (QED) is 0.764. The van der Waals surface area contributed by atoms with Crippen LogP contribution in [0.15, 0.2) is 6.07 Å². The number of hydrogen-bond donors (Lipinski definition) is 3. The lowest BCUT2D eigenvalue weighted by atomic mass is 10.1. The Morgan fingerprint density at radius 3 is 2.70 bits per heavy atom. The number of thiophene rings is 1. The third-order valence-corrected chi connectivity index (χ3v) is 4.44. The molecule has 110 valence electrons. The van der Waals surface area contributed by atoms with Gasteiger partial charge in [-0.15, -0.1) is 11.3 Å². The fourth-order valence-electron chi connectivity index (χ4n) is 1.83. The number of aromatic nitrogens is 2. The highest BCUT2D eigenvalue weighted by atomic mass is 32.1. The highest BCUT2D eigenvalue weighted by Gasteiger charge is 2.13. The van der Waals surface area contributed by atoms with Gasteiger partial charge in [0.05, 0.1) is 11.5 Å². The molecule has 1 unspecified atom stereocenters. The van der Waals surface area contributed by atoms with Crippen molar-refractivity contribution in [1.29, 1.82) is 0 Å². The van der Waals surface area contributed by atoms with Gasteiger partial charge in [0.15, 0.2) is 0 Å². The van der Waals surface area contributed by atoms with Gasteiger partial charge in [-0.1, -0.05) is 20.8 Å². The predicted molar refractivity (Wildman–Crippen MR) is 85.7 cm³/mol. The summed E-state index contributed by atoms with van der Waals surface area (Å²) < 4.78 is 0. The minimum atomic E-state index is -0.387.